The molecule has 1 rings (SSSR count). The molecule has 2 unspecified atom stereocenters. The first kappa shape index (κ1) is 11.1. The number of halogens is 3. The highest BCUT2D eigenvalue weighted by Gasteiger charge is 2.14. The van der Waals surface area contributed by atoms with E-state index >= 15 is 0 Å². The van der Waals surface area contributed by atoms with Crippen molar-refractivity contribution in [2.75, 3.05) is 0 Å². The third kappa shape index (κ3) is 2.75. The maximum absolute atomic E-state index is 9.23. The monoisotopic (exact) mass is 238 g/mol. The molecule has 0 heterocycles. The van der Waals surface area contributed by atoms with Gasteiger partial charge in [0.25, 0.3) is 0 Å². The lowest BCUT2D eigenvalue weighted by atomic mass is 10.1. The molecule has 1 nitrogen and oxygen atoms in total. The number of aliphatic hydroxyl groups is 1. The lowest BCUT2D eigenvalue weighted by Crippen LogP contribution is -2.08. The standard InChI is InChI=1S/C9H9Cl3O/c1-5(13)9(12)6-2-3-7(10)8(11)4-6/h2-5,9,13H,1H3. The van der Waals surface area contributed by atoms with Crippen molar-refractivity contribution in [3.8, 4) is 0 Å². The van der Waals surface area contributed by atoms with Crippen molar-refractivity contribution in [2.24, 2.45) is 0 Å². The van der Waals surface area contributed by atoms with Gasteiger partial charge in [-0.25, -0.2) is 0 Å². The van der Waals surface area contributed by atoms with Crippen LogP contribution < -0.4 is 0 Å². The lowest BCUT2D eigenvalue weighted by Gasteiger charge is -2.13. The molecular formula is C9H9Cl3O. The minimum Gasteiger partial charge on any atom is -0.392 e. The van der Waals surface area contributed by atoms with Crippen LogP contribution in [0.3, 0.4) is 0 Å². The van der Waals surface area contributed by atoms with Gasteiger partial charge in [-0.15, -0.1) is 11.6 Å². The van der Waals surface area contributed by atoms with E-state index in [4.69, 9.17) is 34.8 Å². The minimum atomic E-state index is -0.612. The van der Waals surface area contributed by atoms with Gasteiger partial charge in [0.1, 0.15) is 0 Å². The van der Waals surface area contributed by atoms with E-state index in [1.165, 1.54) is 0 Å². The summed E-state index contributed by atoms with van der Waals surface area (Å²) in [5.74, 6) is 0. The van der Waals surface area contributed by atoms with Crippen molar-refractivity contribution in [3.63, 3.8) is 0 Å². The predicted molar refractivity (Wildman–Crippen MR) is 56.7 cm³/mol. The van der Waals surface area contributed by atoms with Gasteiger partial charge in [-0.2, -0.15) is 0 Å². The number of benzene rings is 1. The second-order valence-corrected chi connectivity index (χ2v) is 4.10. The van der Waals surface area contributed by atoms with Crippen LogP contribution in [0, 0.1) is 0 Å². The normalized spacial score (nSPS) is 15.5. The molecular weight excluding hydrogens is 230 g/mol. The van der Waals surface area contributed by atoms with Gasteiger partial charge in [0, 0.05) is 0 Å². The van der Waals surface area contributed by atoms with Crippen LogP contribution in [0.2, 0.25) is 10.0 Å². The fourth-order valence-electron chi connectivity index (χ4n) is 0.962. The van der Waals surface area contributed by atoms with E-state index in [2.05, 4.69) is 0 Å². The topological polar surface area (TPSA) is 20.2 Å². The van der Waals surface area contributed by atoms with Crippen LogP contribution >= 0.6 is 34.8 Å². The van der Waals surface area contributed by atoms with E-state index in [9.17, 15) is 5.11 Å². The van der Waals surface area contributed by atoms with Crippen LogP contribution in [0.1, 0.15) is 17.9 Å². The molecule has 0 amide bonds. The van der Waals surface area contributed by atoms with Crippen LogP contribution in [0.25, 0.3) is 0 Å². The Balaban J connectivity index is 2.97. The van der Waals surface area contributed by atoms with E-state index in [1.807, 2.05) is 0 Å². The van der Waals surface area contributed by atoms with Crippen LogP contribution in [0.4, 0.5) is 0 Å². The van der Waals surface area contributed by atoms with Crippen LogP contribution in [-0.4, -0.2) is 11.2 Å². The predicted octanol–water partition coefficient (Wildman–Crippen LogP) is 3.65. The molecule has 1 aromatic carbocycles. The second kappa shape index (κ2) is 4.52. The van der Waals surface area contributed by atoms with Gasteiger partial charge >= 0.3 is 0 Å². The largest absolute Gasteiger partial charge is 0.392 e. The molecule has 0 aromatic heterocycles. The molecule has 0 aliphatic heterocycles. The smallest absolute Gasteiger partial charge is 0.0842 e. The molecule has 1 N–H and O–H groups in total. The van der Waals surface area contributed by atoms with Gasteiger partial charge < -0.3 is 5.11 Å². The van der Waals surface area contributed by atoms with E-state index in [0.717, 1.165) is 5.56 Å². The van der Waals surface area contributed by atoms with E-state index in [-0.39, 0.29) is 0 Å². The van der Waals surface area contributed by atoms with E-state index in [0.29, 0.717) is 10.0 Å². The second-order valence-electron chi connectivity index (χ2n) is 2.82. The molecule has 13 heavy (non-hydrogen) atoms. The molecule has 0 aliphatic carbocycles. The number of rotatable bonds is 2. The SMILES string of the molecule is CC(O)C(Cl)c1ccc(Cl)c(Cl)c1. The molecule has 0 radical (unpaired) electrons. The average molecular weight is 240 g/mol. The first-order valence-electron chi connectivity index (χ1n) is 3.79. The number of hydrogen-bond donors (Lipinski definition) is 1. The third-order valence-corrected chi connectivity index (χ3v) is 3.04. The number of hydrogen-bond acceptors (Lipinski definition) is 1. The van der Waals surface area contributed by atoms with Gasteiger partial charge in [0.05, 0.1) is 21.5 Å². The molecule has 72 valence electrons. The Labute approximate surface area is 92.2 Å². The van der Waals surface area contributed by atoms with Gasteiger partial charge in [0.15, 0.2) is 0 Å². The maximum Gasteiger partial charge on any atom is 0.0842 e. The first-order valence-corrected chi connectivity index (χ1v) is 4.98. The Hall–Kier alpha value is 0.0500. The van der Waals surface area contributed by atoms with Gasteiger partial charge in [0.2, 0.25) is 0 Å². The molecule has 0 fully saturated rings. The molecule has 0 saturated heterocycles. The van der Waals surface area contributed by atoms with Crippen molar-refractivity contribution in [1.82, 2.24) is 0 Å². The quantitative estimate of drug-likeness (QED) is 0.781. The first-order chi connectivity index (χ1) is 6.02. The molecule has 0 spiro atoms. The summed E-state index contributed by atoms with van der Waals surface area (Å²) in [7, 11) is 0. The molecule has 0 aliphatic rings. The summed E-state index contributed by atoms with van der Waals surface area (Å²) in [6, 6.07) is 5.07. The van der Waals surface area contributed by atoms with Crippen molar-refractivity contribution in [2.45, 2.75) is 18.4 Å². The zero-order valence-corrected chi connectivity index (χ0v) is 9.24. The summed E-state index contributed by atoms with van der Waals surface area (Å²) in [4.78, 5) is 0. The average Bonchev–Trinajstić information content (AvgIpc) is 2.08. The fourth-order valence-corrected chi connectivity index (χ4v) is 1.40. The Morgan fingerprint density at radius 2 is 1.85 bits per heavy atom. The summed E-state index contributed by atoms with van der Waals surface area (Å²) < 4.78 is 0. The Morgan fingerprint density at radius 3 is 2.31 bits per heavy atom. The zero-order valence-electron chi connectivity index (χ0n) is 6.97. The Kier molecular flexibility index (Phi) is 3.87. The Bertz CT molecular complexity index is 299. The highest BCUT2D eigenvalue weighted by molar-refractivity contribution is 6.42. The number of aliphatic hydroxyl groups excluding tert-OH is 1. The highest BCUT2D eigenvalue weighted by Crippen LogP contribution is 2.30. The highest BCUT2D eigenvalue weighted by atomic mass is 35.5. The molecule has 1 aromatic rings. The summed E-state index contributed by atoms with van der Waals surface area (Å²) in [5, 5.41) is 9.71. The van der Waals surface area contributed by atoms with E-state index < -0.39 is 11.5 Å². The van der Waals surface area contributed by atoms with Crippen molar-refractivity contribution < 1.29 is 5.11 Å². The Morgan fingerprint density at radius 1 is 1.23 bits per heavy atom. The summed E-state index contributed by atoms with van der Waals surface area (Å²) in [6.45, 7) is 1.63. The van der Waals surface area contributed by atoms with Crippen molar-refractivity contribution in [1.29, 1.82) is 0 Å². The molecule has 2 atom stereocenters. The lowest BCUT2D eigenvalue weighted by molar-refractivity contribution is 0.190. The summed E-state index contributed by atoms with van der Waals surface area (Å²) >= 11 is 17.4. The van der Waals surface area contributed by atoms with Crippen molar-refractivity contribution >= 4 is 34.8 Å². The van der Waals surface area contributed by atoms with Crippen LogP contribution in [0.5, 0.6) is 0 Å². The third-order valence-electron chi connectivity index (χ3n) is 1.69. The summed E-state index contributed by atoms with van der Waals surface area (Å²) in [5.41, 5.74) is 0.770. The molecule has 0 bridgehead atoms. The van der Waals surface area contributed by atoms with Crippen LogP contribution in [-0.2, 0) is 0 Å². The summed E-state index contributed by atoms with van der Waals surface area (Å²) in [6.07, 6.45) is -0.612. The fraction of sp³-hybridized carbons (Fsp3) is 0.333. The maximum atomic E-state index is 9.23. The van der Waals surface area contributed by atoms with Gasteiger partial charge in [-0.05, 0) is 24.6 Å². The zero-order chi connectivity index (χ0) is 10.0. The van der Waals surface area contributed by atoms with Gasteiger partial charge in [-0.3, -0.25) is 0 Å². The minimum absolute atomic E-state index is 0.449. The van der Waals surface area contributed by atoms with Gasteiger partial charge in [-0.1, -0.05) is 29.3 Å². The number of alkyl halides is 1. The van der Waals surface area contributed by atoms with Crippen molar-refractivity contribution in [3.05, 3.63) is 33.8 Å². The van der Waals surface area contributed by atoms with E-state index in [1.54, 1.807) is 25.1 Å². The molecule has 0 saturated carbocycles. The van der Waals surface area contributed by atoms with Crippen LogP contribution in [0.15, 0.2) is 18.2 Å². The molecule has 4 heteroatoms.